The Kier molecular flexibility index (Phi) is 3.87. The van der Waals surface area contributed by atoms with E-state index in [4.69, 9.17) is 5.73 Å². The molecule has 1 saturated carbocycles. The average molecular weight is 335 g/mol. The molecular weight excluding hydrogens is 314 g/mol. The molecule has 4 rings (SSSR count). The Hall–Kier alpha value is -2.89. The molecule has 0 unspecified atom stereocenters. The van der Waals surface area contributed by atoms with Gasteiger partial charge in [0.25, 0.3) is 5.91 Å². The van der Waals surface area contributed by atoms with E-state index >= 15 is 0 Å². The van der Waals surface area contributed by atoms with E-state index in [1.807, 2.05) is 25.3 Å². The summed E-state index contributed by atoms with van der Waals surface area (Å²) in [6.45, 7) is 1.90. The van der Waals surface area contributed by atoms with E-state index in [-0.39, 0.29) is 0 Å². The molecule has 0 saturated heterocycles. The molecule has 3 aromatic heterocycles. The minimum Gasteiger partial charge on any atom is -0.367 e. The first-order valence-electron chi connectivity index (χ1n) is 8.64. The highest BCUT2D eigenvalue weighted by molar-refractivity contribution is 6.03. The SMILES string of the molecule is Cc1ccc(C(N)=O)c(-c2cc(NC3CCCC3)nc3[nH]ccc23)n1. The Morgan fingerprint density at radius 2 is 2.04 bits per heavy atom. The second kappa shape index (κ2) is 6.20. The second-order valence-corrected chi connectivity index (χ2v) is 6.63. The quantitative estimate of drug-likeness (QED) is 0.681. The lowest BCUT2D eigenvalue weighted by atomic mass is 10.0. The number of primary amides is 1. The van der Waals surface area contributed by atoms with Crippen molar-refractivity contribution in [3.05, 3.63) is 41.7 Å². The number of anilines is 1. The van der Waals surface area contributed by atoms with Gasteiger partial charge in [0, 0.05) is 28.9 Å². The number of nitrogens with zero attached hydrogens (tertiary/aromatic N) is 2. The topological polar surface area (TPSA) is 96.7 Å². The third-order valence-electron chi connectivity index (χ3n) is 4.79. The molecule has 6 nitrogen and oxygen atoms in total. The molecule has 1 fully saturated rings. The molecule has 0 aromatic carbocycles. The molecule has 3 heterocycles. The molecule has 128 valence electrons. The number of carbonyl (C=O) groups is 1. The minimum atomic E-state index is -0.478. The van der Waals surface area contributed by atoms with Gasteiger partial charge in [-0.3, -0.25) is 9.78 Å². The molecule has 0 bridgehead atoms. The third kappa shape index (κ3) is 2.95. The van der Waals surface area contributed by atoms with Crippen LogP contribution >= 0.6 is 0 Å². The van der Waals surface area contributed by atoms with Crippen molar-refractivity contribution in [2.45, 2.75) is 38.6 Å². The molecule has 1 aliphatic carbocycles. The number of nitrogens with two attached hydrogens (primary N) is 1. The fraction of sp³-hybridized carbons (Fsp3) is 0.316. The van der Waals surface area contributed by atoms with Gasteiger partial charge in [-0.15, -0.1) is 0 Å². The predicted octanol–water partition coefficient (Wildman–Crippen LogP) is 3.39. The summed E-state index contributed by atoms with van der Waals surface area (Å²) in [5.41, 5.74) is 9.08. The number of hydrogen-bond donors (Lipinski definition) is 3. The highest BCUT2D eigenvalue weighted by atomic mass is 16.1. The summed E-state index contributed by atoms with van der Waals surface area (Å²) in [7, 11) is 0. The number of H-pyrrole nitrogens is 1. The van der Waals surface area contributed by atoms with Crippen LogP contribution in [-0.4, -0.2) is 26.9 Å². The van der Waals surface area contributed by atoms with Gasteiger partial charge in [-0.05, 0) is 44.0 Å². The van der Waals surface area contributed by atoms with E-state index in [0.717, 1.165) is 41.0 Å². The van der Waals surface area contributed by atoms with Crippen LogP contribution in [0.4, 0.5) is 5.82 Å². The molecule has 0 radical (unpaired) electrons. The molecule has 0 aliphatic heterocycles. The number of pyridine rings is 2. The van der Waals surface area contributed by atoms with Crippen LogP contribution in [0.3, 0.4) is 0 Å². The minimum absolute atomic E-state index is 0.422. The molecule has 6 heteroatoms. The number of amides is 1. The Morgan fingerprint density at radius 1 is 1.24 bits per heavy atom. The first kappa shape index (κ1) is 15.6. The molecule has 25 heavy (non-hydrogen) atoms. The monoisotopic (exact) mass is 335 g/mol. The van der Waals surface area contributed by atoms with E-state index in [1.165, 1.54) is 12.8 Å². The number of carbonyl (C=O) groups excluding carboxylic acids is 1. The number of aromatic amines is 1. The van der Waals surface area contributed by atoms with E-state index in [1.54, 1.807) is 12.1 Å². The molecule has 0 spiro atoms. The van der Waals surface area contributed by atoms with E-state index < -0.39 is 5.91 Å². The maximum atomic E-state index is 11.9. The zero-order valence-electron chi connectivity index (χ0n) is 14.2. The molecule has 1 aliphatic rings. The van der Waals surface area contributed by atoms with Crippen LogP contribution in [0.2, 0.25) is 0 Å². The van der Waals surface area contributed by atoms with E-state index in [0.29, 0.717) is 17.3 Å². The summed E-state index contributed by atoms with van der Waals surface area (Å²) in [4.78, 5) is 24.3. The lowest BCUT2D eigenvalue weighted by Crippen LogP contribution is -2.16. The average Bonchev–Trinajstić information content (AvgIpc) is 3.25. The van der Waals surface area contributed by atoms with Crippen LogP contribution < -0.4 is 11.1 Å². The third-order valence-corrected chi connectivity index (χ3v) is 4.79. The van der Waals surface area contributed by atoms with Crippen LogP contribution in [0.1, 0.15) is 41.7 Å². The maximum absolute atomic E-state index is 11.9. The Labute approximate surface area is 145 Å². The number of aromatic nitrogens is 3. The van der Waals surface area contributed by atoms with Crippen molar-refractivity contribution in [3.8, 4) is 11.3 Å². The zero-order chi connectivity index (χ0) is 17.4. The smallest absolute Gasteiger partial charge is 0.250 e. The number of hydrogen-bond acceptors (Lipinski definition) is 4. The normalized spacial score (nSPS) is 14.9. The summed E-state index contributed by atoms with van der Waals surface area (Å²) in [6, 6.07) is 7.92. The maximum Gasteiger partial charge on any atom is 0.250 e. The number of rotatable bonds is 4. The van der Waals surface area contributed by atoms with Crippen LogP contribution in [0.5, 0.6) is 0 Å². The van der Waals surface area contributed by atoms with Gasteiger partial charge in [-0.2, -0.15) is 0 Å². The van der Waals surface area contributed by atoms with Crippen molar-refractivity contribution in [1.82, 2.24) is 15.0 Å². The Bertz CT molecular complexity index is 940. The summed E-state index contributed by atoms with van der Waals surface area (Å²) in [5.74, 6) is 0.323. The standard InChI is InChI=1S/C19H21N5O/c1-11-6-7-14(18(20)25)17(22-11)15-10-16(23-12-4-2-3-5-12)24-19-13(15)8-9-21-19/h6-10,12H,2-5H2,1H3,(H2,20,25)(H2,21,23,24). The molecule has 0 atom stereocenters. The van der Waals surface area contributed by atoms with Crippen LogP contribution in [0, 0.1) is 6.92 Å². The first-order chi connectivity index (χ1) is 12.1. The Morgan fingerprint density at radius 3 is 2.80 bits per heavy atom. The van der Waals surface area contributed by atoms with Gasteiger partial charge in [-0.25, -0.2) is 4.98 Å². The van der Waals surface area contributed by atoms with Crippen molar-refractivity contribution in [1.29, 1.82) is 0 Å². The summed E-state index contributed by atoms with van der Waals surface area (Å²) < 4.78 is 0. The largest absolute Gasteiger partial charge is 0.367 e. The number of aryl methyl sites for hydroxylation is 1. The van der Waals surface area contributed by atoms with Gasteiger partial charge in [0.05, 0.1) is 11.3 Å². The van der Waals surface area contributed by atoms with Gasteiger partial charge in [0.2, 0.25) is 0 Å². The lowest BCUT2D eigenvalue weighted by Gasteiger charge is -2.15. The van der Waals surface area contributed by atoms with Crippen molar-refractivity contribution in [2.24, 2.45) is 5.73 Å². The van der Waals surface area contributed by atoms with E-state index in [9.17, 15) is 4.79 Å². The van der Waals surface area contributed by atoms with Gasteiger partial charge >= 0.3 is 0 Å². The summed E-state index contributed by atoms with van der Waals surface area (Å²) in [5, 5.41) is 4.45. The Balaban J connectivity index is 1.87. The molecular formula is C19H21N5O. The zero-order valence-corrected chi connectivity index (χ0v) is 14.2. The fourth-order valence-electron chi connectivity index (χ4n) is 3.55. The molecule has 3 aromatic rings. The van der Waals surface area contributed by atoms with Crippen molar-refractivity contribution in [2.75, 3.05) is 5.32 Å². The van der Waals surface area contributed by atoms with Crippen molar-refractivity contribution >= 4 is 22.8 Å². The highest BCUT2D eigenvalue weighted by Crippen LogP contribution is 2.32. The van der Waals surface area contributed by atoms with E-state index in [2.05, 4.69) is 20.3 Å². The van der Waals surface area contributed by atoms with Crippen molar-refractivity contribution < 1.29 is 4.79 Å². The lowest BCUT2D eigenvalue weighted by molar-refractivity contribution is 0.100. The molecule has 1 amide bonds. The van der Waals surface area contributed by atoms with Gasteiger partial charge in [-0.1, -0.05) is 12.8 Å². The number of fused-ring (bicyclic) bond motifs is 1. The van der Waals surface area contributed by atoms with Gasteiger partial charge in [0.15, 0.2) is 0 Å². The summed E-state index contributed by atoms with van der Waals surface area (Å²) >= 11 is 0. The fourth-order valence-corrected chi connectivity index (χ4v) is 3.55. The number of nitrogens with one attached hydrogen (secondary N) is 2. The highest BCUT2D eigenvalue weighted by Gasteiger charge is 2.19. The van der Waals surface area contributed by atoms with Gasteiger partial charge < -0.3 is 16.0 Å². The molecule has 4 N–H and O–H groups in total. The first-order valence-corrected chi connectivity index (χ1v) is 8.64. The summed E-state index contributed by atoms with van der Waals surface area (Å²) in [6.07, 6.45) is 6.67. The van der Waals surface area contributed by atoms with Crippen molar-refractivity contribution in [3.63, 3.8) is 0 Å². The second-order valence-electron chi connectivity index (χ2n) is 6.63. The van der Waals surface area contributed by atoms with Crippen LogP contribution in [-0.2, 0) is 0 Å². The van der Waals surface area contributed by atoms with Gasteiger partial charge in [0.1, 0.15) is 11.5 Å². The van der Waals surface area contributed by atoms with Crippen LogP contribution in [0.15, 0.2) is 30.5 Å². The van der Waals surface area contributed by atoms with Crippen LogP contribution in [0.25, 0.3) is 22.3 Å². The predicted molar refractivity (Wildman–Crippen MR) is 98.5 cm³/mol.